The smallest absolute Gasteiger partial charge is 0.337 e. The van der Waals surface area contributed by atoms with Gasteiger partial charge in [0.25, 0.3) is 0 Å². The minimum atomic E-state index is -0.854. The van der Waals surface area contributed by atoms with Crippen LogP contribution in [0.3, 0.4) is 0 Å². The van der Waals surface area contributed by atoms with Crippen LogP contribution in [0.2, 0.25) is 0 Å². The molecule has 1 heterocycles. The quantitative estimate of drug-likeness (QED) is 0.682. The Morgan fingerprint density at radius 1 is 0.963 bits per heavy atom. The largest absolute Gasteiger partial charge is 0.348 e. The van der Waals surface area contributed by atoms with E-state index >= 15 is 0 Å². The summed E-state index contributed by atoms with van der Waals surface area (Å²) in [5.74, 6) is -0.514. The molecule has 1 N–H and O–H groups in total. The topological polar surface area (TPSA) is 95.1 Å². The van der Waals surface area contributed by atoms with Crippen LogP contribution in [-0.2, 0) is 24.4 Å². The van der Waals surface area contributed by atoms with Crippen molar-refractivity contribution < 1.29 is 4.79 Å². The number of aromatic nitrogens is 3. The Bertz CT molecular complexity index is 966. The van der Waals surface area contributed by atoms with Gasteiger partial charge in [0.05, 0.1) is 19.1 Å². The number of amides is 1. The number of allylic oxidation sites excluding steroid dienone is 2. The maximum atomic E-state index is 12.5. The van der Waals surface area contributed by atoms with E-state index in [2.05, 4.69) is 18.5 Å². The lowest BCUT2D eigenvalue weighted by molar-refractivity contribution is -0.122. The molecule has 0 unspecified atom stereocenters. The van der Waals surface area contributed by atoms with Gasteiger partial charge in [0, 0.05) is 0 Å². The van der Waals surface area contributed by atoms with Gasteiger partial charge in [0.1, 0.15) is 6.54 Å². The Morgan fingerprint density at radius 3 is 1.93 bits per heavy atom. The number of hydrogen-bond donors (Lipinski definition) is 1. The van der Waals surface area contributed by atoms with E-state index in [1.165, 1.54) is 12.2 Å². The van der Waals surface area contributed by atoms with E-state index in [0.29, 0.717) is 0 Å². The number of nitrogens with one attached hydrogen (secondary N) is 1. The fourth-order valence-corrected chi connectivity index (χ4v) is 2.64. The molecule has 0 saturated carbocycles. The third-order valence-corrected chi connectivity index (χ3v) is 3.99. The van der Waals surface area contributed by atoms with Crippen molar-refractivity contribution in [1.82, 2.24) is 19.0 Å². The molecule has 0 bridgehead atoms. The summed E-state index contributed by atoms with van der Waals surface area (Å²) >= 11 is 0. The van der Waals surface area contributed by atoms with Gasteiger partial charge >= 0.3 is 17.1 Å². The highest BCUT2D eigenvalue weighted by molar-refractivity contribution is 5.76. The van der Waals surface area contributed by atoms with Gasteiger partial charge in [-0.25, -0.2) is 28.1 Å². The maximum Gasteiger partial charge on any atom is 0.337 e. The average Bonchev–Trinajstić information content (AvgIpc) is 2.66. The minimum Gasteiger partial charge on any atom is -0.348 e. The van der Waals surface area contributed by atoms with Crippen molar-refractivity contribution in [1.29, 1.82) is 0 Å². The van der Waals surface area contributed by atoms with Gasteiger partial charge in [-0.15, -0.1) is 13.2 Å². The van der Waals surface area contributed by atoms with Crippen molar-refractivity contribution in [2.75, 3.05) is 0 Å². The first-order valence-corrected chi connectivity index (χ1v) is 8.41. The van der Waals surface area contributed by atoms with Crippen molar-refractivity contribution in [3.63, 3.8) is 0 Å². The molecule has 8 nitrogen and oxygen atoms in total. The summed E-state index contributed by atoms with van der Waals surface area (Å²) in [6, 6.07) is 8.98. The van der Waals surface area contributed by atoms with E-state index in [1.807, 2.05) is 30.3 Å². The van der Waals surface area contributed by atoms with Crippen molar-refractivity contribution >= 4 is 5.91 Å². The highest BCUT2D eigenvalue weighted by Gasteiger charge is 2.17. The summed E-state index contributed by atoms with van der Waals surface area (Å²) in [5.41, 5.74) is -1.58. The van der Waals surface area contributed by atoms with E-state index in [4.69, 9.17) is 0 Å². The number of benzene rings is 1. The third kappa shape index (κ3) is 4.41. The lowest BCUT2D eigenvalue weighted by Gasteiger charge is -2.16. The molecule has 1 aromatic carbocycles. The second kappa shape index (κ2) is 8.79. The third-order valence-electron chi connectivity index (χ3n) is 3.99. The molecule has 1 amide bonds. The van der Waals surface area contributed by atoms with Crippen LogP contribution in [0.15, 0.2) is 70.0 Å². The molecule has 0 aliphatic heterocycles. The van der Waals surface area contributed by atoms with Crippen molar-refractivity contribution in [3.05, 3.63) is 92.7 Å². The molecular formula is C19H22N4O4. The second-order valence-electron chi connectivity index (χ2n) is 5.93. The molecule has 0 fully saturated rings. The maximum absolute atomic E-state index is 12.5. The summed E-state index contributed by atoms with van der Waals surface area (Å²) in [7, 11) is 0. The Morgan fingerprint density at radius 2 is 1.44 bits per heavy atom. The Labute approximate surface area is 155 Å². The number of hydrogen-bond acceptors (Lipinski definition) is 4. The Hall–Kier alpha value is -3.42. The lowest BCUT2D eigenvalue weighted by atomic mass is 10.1. The van der Waals surface area contributed by atoms with Gasteiger partial charge in [-0.3, -0.25) is 4.79 Å². The molecule has 1 atom stereocenters. The second-order valence-corrected chi connectivity index (χ2v) is 5.93. The van der Waals surface area contributed by atoms with E-state index in [9.17, 15) is 19.2 Å². The van der Waals surface area contributed by atoms with Crippen LogP contribution in [0.25, 0.3) is 0 Å². The summed E-state index contributed by atoms with van der Waals surface area (Å²) in [6.45, 7) is 8.17. The molecule has 142 valence electrons. The zero-order valence-electron chi connectivity index (χ0n) is 15.1. The van der Waals surface area contributed by atoms with E-state index < -0.39 is 29.5 Å². The first kappa shape index (κ1) is 19.9. The fraction of sp³-hybridized carbons (Fsp3) is 0.263. The molecule has 0 radical (unpaired) electrons. The van der Waals surface area contributed by atoms with Gasteiger partial charge in [-0.2, -0.15) is 0 Å². The van der Waals surface area contributed by atoms with Crippen molar-refractivity contribution in [3.8, 4) is 0 Å². The molecule has 2 aromatic rings. The average molecular weight is 370 g/mol. The standard InChI is InChI=1S/C19H22N4O4/c1-4-11-21-17(25)22(12-5-2)19(27)23(18(21)26)13-16(24)20-14(3)15-9-7-6-8-10-15/h4-10,14H,1-2,11-13H2,3H3,(H,20,24)/t14-/m1/s1. The van der Waals surface area contributed by atoms with Gasteiger partial charge in [-0.05, 0) is 12.5 Å². The predicted octanol–water partition coefficient (Wildman–Crippen LogP) is 0.421. The first-order valence-electron chi connectivity index (χ1n) is 8.41. The summed E-state index contributed by atoms with van der Waals surface area (Å²) in [6.07, 6.45) is 2.74. The van der Waals surface area contributed by atoms with Crippen LogP contribution in [-0.4, -0.2) is 19.6 Å². The summed E-state index contributed by atoms with van der Waals surface area (Å²) in [4.78, 5) is 49.7. The van der Waals surface area contributed by atoms with E-state index in [-0.39, 0.29) is 19.1 Å². The normalized spacial score (nSPS) is 11.6. The zero-order valence-corrected chi connectivity index (χ0v) is 15.1. The highest BCUT2D eigenvalue weighted by atomic mass is 16.2. The summed E-state index contributed by atoms with van der Waals surface area (Å²) in [5, 5.41) is 2.74. The fourth-order valence-electron chi connectivity index (χ4n) is 2.64. The zero-order chi connectivity index (χ0) is 20.0. The molecule has 0 aliphatic carbocycles. The van der Waals surface area contributed by atoms with Crippen molar-refractivity contribution in [2.45, 2.75) is 32.6 Å². The van der Waals surface area contributed by atoms with E-state index in [0.717, 1.165) is 19.3 Å². The molecule has 0 spiro atoms. The molecule has 8 heteroatoms. The molecular weight excluding hydrogens is 348 g/mol. The number of nitrogens with zero attached hydrogens (tertiary/aromatic N) is 3. The molecule has 2 rings (SSSR count). The van der Waals surface area contributed by atoms with Crippen LogP contribution in [0.1, 0.15) is 18.5 Å². The SMILES string of the molecule is C=CCn1c(=O)n(CC=C)c(=O)n(CC(=O)N[C@H](C)c2ccccc2)c1=O. The van der Waals surface area contributed by atoms with Gasteiger partial charge in [0.2, 0.25) is 5.91 Å². The number of rotatable bonds is 8. The van der Waals surface area contributed by atoms with Crippen LogP contribution in [0, 0.1) is 0 Å². The van der Waals surface area contributed by atoms with Crippen LogP contribution in [0.4, 0.5) is 0 Å². The lowest BCUT2D eigenvalue weighted by Crippen LogP contribution is -2.55. The highest BCUT2D eigenvalue weighted by Crippen LogP contribution is 2.10. The van der Waals surface area contributed by atoms with Gasteiger partial charge < -0.3 is 5.32 Å². The van der Waals surface area contributed by atoms with Crippen molar-refractivity contribution in [2.24, 2.45) is 0 Å². The number of carbonyl (C=O) groups is 1. The molecule has 0 saturated heterocycles. The van der Waals surface area contributed by atoms with Crippen LogP contribution < -0.4 is 22.4 Å². The first-order chi connectivity index (χ1) is 12.9. The Kier molecular flexibility index (Phi) is 6.48. The minimum absolute atomic E-state index is 0.0723. The number of carbonyl (C=O) groups excluding carboxylic acids is 1. The van der Waals surface area contributed by atoms with Crippen LogP contribution in [0.5, 0.6) is 0 Å². The van der Waals surface area contributed by atoms with Crippen LogP contribution >= 0.6 is 0 Å². The molecule has 27 heavy (non-hydrogen) atoms. The van der Waals surface area contributed by atoms with E-state index in [1.54, 1.807) is 6.92 Å². The predicted molar refractivity (Wildman–Crippen MR) is 103 cm³/mol. The molecule has 1 aromatic heterocycles. The van der Waals surface area contributed by atoms with Gasteiger partial charge in [0.15, 0.2) is 0 Å². The summed E-state index contributed by atoms with van der Waals surface area (Å²) < 4.78 is 2.44. The Balaban J connectivity index is 2.37. The van der Waals surface area contributed by atoms with Gasteiger partial charge in [-0.1, -0.05) is 42.5 Å². The monoisotopic (exact) mass is 370 g/mol. The molecule has 0 aliphatic rings.